The van der Waals surface area contributed by atoms with Crippen LogP contribution >= 0.6 is 0 Å². The average Bonchev–Trinajstić information content (AvgIpc) is 2.39. The molecule has 3 heteroatoms. The minimum Gasteiger partial charge on any atom is -1.00 e. The van der Waals surface area contributed by atoms with Crippen molar-refractivity contribution >= 4 is 34.4 Å². The third kappa shape index (κ3) is 4.82. The number of nitrogens with zero attached hydrogens (tertiary/aromatic N) is 1. The molecule has 0 atom stereocenters. The van der Waals surface area contributed by atoms with Crippen molar-refractivity contribution in [2.75, 3.05) is 11.9 Å². The number of benzene rings is 2. The van der Waals surface area contributed by atoms with Gasteiger partial charge in [0, 0.05) is 12.7 Å². The van der Waals surface area contributed by atoms with Gasteiger partial charge in [-0.25, -0.2) is 0 Å². The van der Waals surface area contributed by atoms with Crippen LogP contribution in [0.4, 0.5) is 11.4 Å². The van der Waals surface area contributed by atoms with E-state index in [0.29, 0.717) is 5.92 Å². The van der Waals surface area contributed by atoms with Gasteiger partial charge in [0.15, 0.2) is 0 Å². The van der Waals surface area contributed by atoms with E-state index in [4.69, 9.17) is 0 Å². The van der Waals surface area contributed by atoms with Crippen molar-refractivity contribution < 1.29 is 17.0 Å². The second kappa shape index (κ2) is 8.62. The second-order valence-corrected chi connectivity index (χ2v) is 4.56. The first-order chi connectivity index (χ1) is 8.18. The summed E-state index contributed by atoms with van der Waals surface area (Å²) in [5.41, 5.74) is 3.65. The smallest absolute Gasteiger partial charge is 1.00 e. The molecule has 0 N–H and O–H groups in total. The molecule has 0 saturated carbocycles. The Labute approximate surface area is 142 Å². The van der Waals surface area contributed by atoms with Gasteiger partial charge >= 0.3 is 23.1 Å². The standard InChI is InChI=1S/C16H18N.BrH.Mg/c1-13(2)14-8-7-11-16(12-14)17(3)15-9-5-4-6-10-15;;/h4-10,12-13H,1-3H3;1H;/q-1;;+2/p-1. The van der Waals surface area contributed by atoms with Crippen LogP contribution in [-0.4, -0.2) is 30.1 Å². The van der Waals surface area contributed by atoms with Crippen LogP contribution in [0.3, 0.4) is 0 Å². The van der Waals surface area contributed by atoms with E-state index in [1.165, 1.54) is 11.3 Å². The molecule has 0 spiro atoms. The Morgan fingerprint density at radius 1 is 1.05 bits per heavy atom. The summed E-state index contributed by atoms with van der Waals surface area (Å²) < 4.78 is 0. The monoisotopic (exact) mass is 327 g/mol. The van der Waals surface area contributed by atoms with Crippen LogP contribution in [0.2, 0.25) is 0 Å². The maximum Gasteiger partial charge on any atom is 2.00 e. The van der Waals surface area contributed by atoms with Crippen molar-refractivity contribution in [3.05, 3.63) is 60.2 Å². The predicted molar refractivity (Wildman–Crippen MR) is 79.6 cm³/mol. The second-order valence-electron chi connectivity index (χ2n) is 4.56. The van der Waals surface area contributed by atoms with Gasteiger partial charge in [0.2, 0.25) is 0 Å². The maximum absolute atomic E-state index is 3.29. The summed E-state index contributed by atoms with van der Waals surface area (Å²) in [5, 5.41) is 0. The van der Waals surface area contributed by atoms with E-state index in [1.807, 2.05) is 12.1 Å². The predicted octanol–water partition coefficient (Wildman–Crippen LogP) is 1.00. The Morgan fingerprint density at radius 2 is 1.68 bits per heavy atom. The first kappa shape index (κ1) is 18.5. The molecule has 0 bridgehead atoms. The van der Waals surface area contributed by atoms with Crippen LogP contribution < -0.4 is 21.9 Å². The molecule has 0 saturated heterocycles. The van der Waals surface area contributed by atoms with Crippen molar-refractivity contribution in [2.24, 2.45) is 0 Å². The SMILES string of the molecule is CC(C)c1cc[c-]c(N(C)c2ccccc2)c1.[Br-].[Mg+2]. The first-order valence-electron chi connectivity index (χ1n) is 5.99. The van der Waals surface area contributed by atoms with Crippen LogP contribution in [0.5, 0.6) is 0 Å². The van der Waals surface area contributed by atoms with Gasteiger partial charge in [0.05, 0.1) is 0 Å². The quantitative estimate of drug-likeness (QED) is 0.600. The summed E-state index contributed by atoms with van der Waals surface area (Å²) in [5.74, 6) is 0.549. The van der Waals surface area contributed by atoms with Crippen molar-refractivity contribution in [1.29, 1.82) is 0 Å². The molecule has 1 nitrogen and oxygen atoms in total. The Balaban J connectivity index is 0.00000162. The molecule has 2 aromatic carbocycles. The minimum atomic E-state index is 0. The van der Waals surface area contributed by atoms with Gasteiger partial charge < -0.3 is 21.9 Å². The Morgan fingerprint density at radius 3 is 2.26 bits per heavy atom. The van der Waals surface area contributed by atoms with E-state index in [9.17, 15) is 0 Å². The fraction of sp³-hybridized carbons (Fsp3) is 0.250. The zero-order valence-electron chi connectivity index (χ0n) is 11.7. The maximum atomic E-state index is 3.29. The van der Waals surface area contributed by atoms with Gasteiger partial charge in [0.1, 0.15) is 0 Å². The number of rotatable bonds is 3. The largest absolute Gasteiger partial charge is 2.00 e. The van der Waals surface area contributed by atoms with E-state index in [0.717, 1.165) is 5.69 Å². The molecule has 0 aliphatic heterocycles. The molecule has 0 radical (unpaired) electrons. The Hall–Kier alpha value is -0.514. The third-order valence-electron chi connectivity index (χ3n) is 2.98. The van der Waals surface area contributed by atoms with E-state index >= 15 is 0 Å². The van der Waals surface area contributed by atoms with E-state index in [-0.39, 0.29) is 40.0 Å². The first-order valence-corrected chi connectivity index (χ1v) is 5.99. The summed E-state index contributed by atoms with van der Waals surface area (Å²) in [4.78, 5) is 2.16. The fourth-order valence-corrected chi connectivity index (χ4v) is 1.81. The van der Waals surface area contributed by atoms with Gasteiger partial charge in [-0.15, -0.1) is 6.07 Å². The van der Waals surface area contributed by atoms with Crippen molar-refractivity contribution in [2.45, 2.75) is 19.8 Å². The molecule has 0 aliphatic carbocycles. The molecule has 0 heterocycles. The Kier molecular flexibility index (Phi) is 8.38. The summed E-state index contributed by atoms with van der Waals surface area (Å²) >= 11 is 0. The minimum absolute atomic E-state index is 0. The summed E-state index contributed by atoms with van der Waals surface area (Å²) in [6.45, 7) is 4.42. The molecule has 0 unspecified atom stereocenters. The van der Waals surface area contributed by atoms with E-state index in [2.05, 4.69) is 68.3 Å². The number of anilines is 2. The van der Waals surface area contributed by atoms with Crippen molar-refractivity contribution in [1.82, 2.24) is 0 Å². The molecule has 0 fully saturated rings. The summed E-state index contributed by atoms with van der Waals surface area (Å²) in [6.07, 6.45) is 0. The molecule has 2 rings (SSSR count). The molecule has 0 aromatic heterocycles. The molecular weight excluding hydrogens is 310 g/mol. The molecule has 0 amide bonds. The van der Waals surface area contributed by atoms with Gasteiger partial charge in [-0.1, -0.05) is 37.7 Å². The Bertz CT molecular complexity index is 485. The zero-order chi connectivity index (χ0) is 12.3. The molecule has 96 valence electrons. The van der Waals surface area contributed by atoms with Crippen LogP contribution in [0, 0.1) is 6.07 Å². The van der Waals surface area contributed by atoms with Gasteiger partial charge in [-0.2, -0.15) is 23.8 Å². The molecule has 19 heavy (non-hydrogen) atoms. The number of hydrogen-bond acceptors (Lipinski definition) is 1. The van der Waals surface area contributed by atoms with Crippen molar-refractivity contribution in [3.63, 3.8) is 0 Å². The van der Waals surface area contributed by atoms with Crippen LogP contribution in [0.15, 0.2) is 48.5 Å². The topological polar surface area (TPSA) is 3.24 Å². The average molecular weight is 329 g/mol. The fourth-order valence-electron chi connectivity index (χ4n) is 1.81. The normalized spacial score (nSPS) is 9.47. The number of para-hydroxylation sites is 1. The van der Waals surface area contributed by atoms with Crippen LogP contribution in [0.25, 0.3) is 0 Å². The summed E-state index contributed by atoms with van der Waals surface area (Å²) in [6, 6.07) is 20.0. The summed E-state index contributed by atoms with van der Waals surface area (Å²) in [7, 11) is 2.07. The zero-order valence-corrected chi connectivity index (χ0v) is 14.7. The molecule has 2 aromatic rings. The van der Waals surface area contributed by atoms with Crippen molar-refractivity contribution in [3.8, 4) is 0 Å². The van der Waals surface area contributed by atoms with Crippen LogP contribution in [-0.2, 0) is 0 Å². The van der Waals surface area contributed by atoms with Crippen LogP contribution in [0.1, 0.15) is 25.3 Å². The van der Waals surface area contributed by atoms with Gasteiger partial charge in [0.25, 0.3) is 0 Å². The third-order valence-corrected chi connectivity index (χ3v) is 2.98. The van der Waals surface area contributed by atoms with E-state index in [1.54, 1.807) is 0 Å². The van der Waals surface area contributed by atoms with Gasteiger partial charge in [-0.3, -0.25) is 0 Å². The van der Waals surface area contributed by atoms with E-state index < -0.39 is 0 Å². The molecule has 0 aliphatic rings. The molecular formula is C16H18BrMgN. The number of halogens is 1. The van der Waals surface area contributed by atoms with Gasteiger partial charge in [-0.05, 0) is 18.1 Å². The number of hydrogen-bond donors (Lipinski definition) is 0.